The van der Waals surface area contributed by atoms with Gasteiger partial charge in [0.05, 0.1) is 16.9 Å². The Morgan fingerprint density at radius 2 is 1.86 bits per heavy atom. The van der Waals surface area contributed by atoms with Crippen LogP contribution >= 0.6 is 0 Å². The van der Waals surface area contributed by atoms with E-state index in [2.05, 4.69) is 11.1 Å². The maximum absolute atomic E-state index is 9.24. The van der Waals surface area contributed by atoms with Crippen LogP contribution < -0.4 is 11.1 Å². The molecule has 4 nitrogen and oxygen atoms in total. The lowest BCUT2D eigenvalue weighted by atomic mass is 10.7. The zero-order valence-corrected chi connectivity index (χ0v) is 6.22. The van der Waals surface area contributed by atoms with Gasteiger partial charge in [-0.15, -0.1) is 0 Å². The molecule has 0 amide bonds. The Hall–Kier alpha value is -0.393. The summed E-state index contributed by atoms with van der Waals surface area (Å²) in [7, 11) is 0.806. The molecule has 0 saturated carbocycles. The van der Waals surface area contributed by atoms with Gasteiger partial charge in [-0.25, -0.2) is 0 Å². The number of carboxylic acid groups (broad SMARTS) is 1. The lowest BCUT2D eigenvalue weighted by Gasteiger charge is -1.73. The van der Waals surface area contributed by atoms with E-state index in [0.717, 1.165) is 10.4 Å². The summed E-state index contributed by atoms with van der Waals surface area (Å²) in [5.74, 6) is -0.968. The van der Waals surface area contributed by atoms with Gasteiger partial charge in [0, 0.05) is 0 Å². The van der Waals surface area contributed by atoms with Gasteiger partial charge in [0.15, 0.2) is 0 Å². The third-order valence-corrected chi connectivity index (χ3v) is 0.175. The van der Waals surface area contributed by atoms with Crippen LogP contribution in [-0.4, -0.2) is 28.0 Å². The molecule has 0 radical (unpaired) electrons. The third-order valence-electron chi connectivity index (χ3n) is 0.175. The van der Waals surface area contributed by atoms with Crippen LogP contribution in [0.5, 0.6) is 0 Å². The van der Waals surface area contributed by atoms with Crippen LogP contribution in [0.3, 0.4) is 0 Å². The molecule has 0 rings (SSSR count). The molecule has 0 aliphatic carbocycles. The van der Waals surface area contributed by atoms with E-state index in [9.17, 15) is 4.79 Å². The zero-order chi connectivity index (χ0) is 6.28. The monoisotopic (exact) mass is 122 g/mol. The standard InChI is InChI=1S/C2H5NO2.H5NSi/c3-1-2(4)5;1-2/h1,3H2,(H,4,5);1H2,2H3. The Balaban J connectivity index is 0. The first kappa shape index (κ1) is 9.79. The van der Waals surface area contributed by atoms with E-state index in [1.165, 1.54) is 0 Å². The van der Waals surface area contributed by atoms with E-state index < -0.39 is 5.97 Å². The first-order chi connectivity index (χ1) is 3.27. The number of hydrogen-bond acceptors (Lipinski definition) is 3. The van der Waals surface area contributed by atoms with Gasteiger partial charge in [-0.2, -0.15) is 0 Å². The van der Waals surface area contributed by atoms with Crippen molar-refractivity contribution in [1.29, 1.82) is 0 Å². The Kier molecular flexibility index (Phi) is 12.8. The van der Waals surface area contributed by atoms with Crippen molar-refractivity contribution in [3.05, 3.63) is 0 Å². The number of aliphatic carboxylic acids is 1. The molecular formula is C2H10N2O2Si. The van der Waals surface area contributed by atoms with Gasteiger partial charge < -0.3 is 16.2 Å². The highest BCUT2D eigenvalue weighted by atomic mass is 28.2. The molecule has 0 unspecified atom stereocenters. The van der Waals surface area contributed by atoms with Crippen LogP contribution in [0, 0.1) is 0 Å². The largest absolute Gasteiger partial charge is 0.480 e. The Morgan fingerprint density at radius 1 is 1.71 bits per heavy atom. The zero-order valence-electron chi connectivity index (χ0n) is 4.22. The molecular weight excluding hydrogens is 112 g/mol. The lowest BCUT2D eigenvalue weighted by molar-refractivity contribution is -0.135. The molecule has 0 atom stereocenters. The van der Waals surface area contributed by atoms with Crippen molar-refractivity contribution in [2.45, 2.75) is 0 Å². The Labute approximate surface area is 45.0 Å². The van der Waals surface area contributed by atoms with Crippen LogP contribution in [-0.2, 0) is 4.79 Å². The van der Waals surface area contributed by atoms with Crippen LogP contribution in [0.4, 0.5) is 0 Å². The first-order valence-corrected chi connectivity index (χ1v) is 2.92. The Bertz CT molecular complexity index is 49.0. The average Bonchev–Trinajstić information content (AvgIpc) is 1.73. The first-order valence-electron chi connectivity index (χ1n) is 1.77. The van der Waals surface area contributed by atoms with Crippen LogP contribution in [0.25, 0.3) is 0 Å². The molecule has 5 N–H and O–H groups in total. The molecule has 0 heterocycles. The molecule has 0 saturated heterocycles. The fourth-order valence-electron chi connectivity index (χ4n) is 0. The minimum atomic E-state index is -0.968. The number of rotatable bonds is 1. The van der Waals surface area contributed by atoms with Gasteiger partial charge >= 0.3 is 5.97 Å². The molecule has 0 aliphatic rings. The van der Waals surface area contributed by atoms with E-state index in [1.54, 1.807) is 0 Å². The van der Waals surface area contributed by atoms with Gasteiger partial charge in [0.1, 0.15) is 0 Å². The van der Waals surface area contributed by atoms with E-state index in [-0.39, 0.29) is 6.54 Å². The third kappa shape index (κ3) is 28.2. The second kappa shape index (κ2) is 9.15. The Morgan fingerprint density at radius 3 is 1.86 bits per heavy atom. The normalized spacial score (nSPS) is 6.57. The van der Waals surface area contributed by atoms with Crippen molar-refractivity contribution in [2.24, 2.45) is 11.1 Å². The van der Waals surface area contributed by atoms with Gasteiger partial charge in [0.25, 0.3) is 0 Å². The highest BCUT2D eigenvalue weighted by Gasteiger charge is 1.81. The number of hydrogen-bond donors (Lipinski definition) is 3. The topological polar surface area (TPSA) is 89.3 Å². The molecule has 0 bridgehead atoms. The van der Waals surface area contributed by atoms with Crippen molar-refractivity contribution in [3.63, 3.8) is 0 Å². The molecule has 0 spiro atoms. The van der Waals surface area contributed by atoms with E-state index in [4.69, 9.17) is 5.11 Å². The second-order valence-corrected chi connectivity index (χ2v) is 0.598. The molecule has 0 aliphatic heterocycles. The molecule has 0 fully saturated rings. The molecule has 44 valence electrons. The van der Waals surface area contributed by atoms with Crippen molar-refractivity contribution in [2.75, 3.05) is 6.54 Å². The summed E-state index contributed by atoms with van der Waals surface area (Å²) in [5.41, 5.74) is 4.57. The van der Waals surface area contributed by atoms with Gasteiger partial charge in [-0.1, -0.05) is 0 Å². The minimum Gasteiger partial charge on any atom is -0.480 e. The van der Waals surface area contributed by atoms with Crippen molar-refractivity contribution >= 4 is 16.4 Å². The van der Waals surface area contributed by atoms with Crippen molar-refractivity contribution in [3.8, 4) is 0 Å². The minimum absolute atomic E-state index is 0.278. The summed E-state index contributed by atoms with van der Waals surface area (Å²) < 4.78 is 0. The number of carboxylic acids is 1. The van der Waals surface area contributed by atoms with Crippen LogP contribution in [0.2, 0.25) is 0 Å². The molecule has 7 heavy (non-hydrogen) atoms. The van der Waals surface area contributed by atoms with Gasteiger partial charge in [0.2, 0.25) is 0 Å². The summed E-state index contributed by atoms with van der Waals surface area (Å²) >= 11 is 0. The number of carbonyl (C=O) groups is 1. The fourth-order valence-corrected chi connectivity index (χ4v) is 0. The van der Waals surface area contributed by atoms with E-state index in [1.807, 2.05) is 0 Å². The van der Waals surface area contributed by atoms with Crippen molar-refractivity contribution in [1.82, 2.24) is 0 Å². The summed E-state index contributed by atoms with van der Waals surface area (Å²) in [6.45, 7) is -0.278. The maximum Gasteiger partial charge on any atom is 0.317 e. The smallest absolute Gasteiger partial charge is 0.317 e. The highest BCUT2D eigenvalue weighted by Crippen LogP contribution is 1.43. The SMILES string of the molecule is NCC(=O)O.N[SiH3]. The lowest BCUT2D eigenvalue weighted by Crippen LogP contribution is -2.10. The molecule has 0 aromatic carbocycles. The second-order valence-electron chi connectivity index (χ2n) is 0.598. The van der Waals surface area contributed by atoms with E-state index in [0.29, 0.717) is 0 Å². The fraction of sp³-hybridized carbons (Fsp3) is 0.500. The predicted octanol–water partition coefficient (Wildman–Crippen LogP) is -2.74. The molecule has 0 aromatic heterocycles. The molecule has 5 heteroatoms. The highest BCUT2D eigenvalue weighted by molar-refractivity contribution is 6.02. The number of nitrogens with two attached hydrogens (primary N) is 2. The quantitative estimate of drug-likeness (QED) is 0.329. The maximum atomic E-state index is 9.24. The average molecular weight is 122 g/mol. The summed E-state index contributed by atoms with van der Waals surface area (Å²) in [6, 6.07) is 0. The summed E-state index contributed by atoms with van der Waals surface area (Å²) in [6.07, 6.45) is 0. The van der Waals surface area contributed by atoms with Crippen LogP contribution in [0.1, 0.15) is 0 Å². The predicted molar refractivity (Wildman–Crippen MR) is 30.8 cm³/mol. The summed E-state index contributed by atoms with van der Waals surface area (Å²) in [5, 5.41) is 12.2. The van der Waals surface area contributed by atoms with Gasteiger partial charge in [-0.3, -0.25) is 4.79 Å². The van der Waals surface area contributed by atoms with Gasteiger partial charge in [-0.05, 0) is 0 Å². The van der Waals surface area contributed by atoms with E-state index >= 15 is 0 Å². The van der Waals surface area contributed by atoms with Crippen molar-refractivity contribution < 1.29 is 9.90 Å². The summed E-state index contributed by atoms with van der Waals surface area (Å²) in [4.78, 5) is 9.24. The molecule has 0 aromatic rings. The van der Waals surface area contributed by atoms with Crippen LogP contribution in [0.15, 0.2) is 0 Å².